The van der Waals surface area contributed by atoms with E-state index in [1.165, 1.54) is 39.7 Å². The van der Waals surface area contributed by atoms with E-state index in [1.807, 2.05) is 18.2 Å². The maximum absolute atomic E-state index is 12.6. The van der Waals surface area contributed by atoms with Gasteiger partial charge in [0.25, 0.3) is 5.91 Å². The van der Waals surface area contributed by atoms with Crippen LogP contribution in [0, 0.1) is 0 Å². The molecular formula is C24H31N3O5. The van der Waals surface area contributed by atoms with E-state index in [1.54, 1.807) is 12.1 Å². The Morgan fingerprint density at radius 3 is 2.12 bits per heavy atom. The molecule has 3 rings (SSSR count). The first-order valence-corrected chi connectivity index (χ1v) is 10.7. The van der Waals surface area contributed by atoms with Crippen molar-refractivity contribution in [2.75, 3.05) is 41.0 Å². The van der Waals surface area contributed by atoms with Crippen LogP contribution in [-0.4, -0.2) is 57.7 Å². The number of hydrogen-bond donors (Lipinski definition) is 2. The highest BCUT2D eigenvalue weighted by molar-refractivity contribution is 5.97. The molecule has 1 saturated heterocycles. The maximum Gasteiger partial charge on any atom is 0.251 e. The average molecular weight is 442 g/mol. The number of carbonyl (C=O) groups excluding carboxylic acids is 2. The molecule has 32 heavy (non-hydrogen) atoms. The number of hydrogen-bond acceptors (Lipinski definition) is 6. The van der Waals surface area contributed by atoms with Crippen molar-refractivity contribution in [2.24, 2.45) is 0 Å². The highest BCUT2D eigenvalue weighted by Gasteiger charge is 2.18. The van der Waals surface area contributed by atoms with E-state index in [-0.39, 0.29) is 12.5 Å². The summed E-state index contributed by atoms with van der Waals surface area (Å²) in [4.78, 5) is 27.3. The fourth-order valence-electron chi connectivity index (χ4n) is 3.80. The average Bonchev–Trinajstić information content (AvgIpc) is 3.34. The number of benzene rings is 2. The summed E-state index contributed by atoms with van der Waals surface area (Å²) in [6.45, 7) is 3.41. The predicted molar refractivity (Wildman–Crippen MR) is 121 cm³/mol. The van der Waals surface area contributed by atoms with Gasteiger partial charge in [-0.2, -0.15) is 0 Å². The normalized spacial score (nSPS) is 13.5. The zero-order chi connectivity index (χ0) is 22.9. The summed E-state index contributed by atoms with van der Waals surface area (Å²) in [5.74, 6) is 0.472. The minimum atomic E-state index is -0.408. The molecule has 2 aromatic rings. The van der Waals surface area contributed by atoms with Crippen molar-refractivity contribution in [2.45, 2.75) is 25.9 Å². The summed E-state index contributed by atoms with van der Waals surface area (Å²) in [5, 5.41) is 5.53. The predicted octanol–water partition coefficient (Wildman–Crippen LogP) is 2.35. The van der Waals surface area contributed by atoms with E-state index in [2.05, 4.69) is 21.6 Å². The quantitative estimate of drug-likeness (QED) is 0.589. The van der Waals surface area contributed by atoms with E-state index >= 15 is 0 Å². The van der Waals surface area contributed by atoms with Gasteiger partial charge in [0.2, 0.25) is 11.7 Å². The minimum Gasteiger partial charge on any atom is -0.493 e. The summed E-state index contributed by atoms with van der Waals surface area (Å²) < 4.78 is 15.8. The van der Waals surface area contributed by atoms with Crippen LogP contribution in [0.25, 0.3) is 0 Å². The van der Waals surface area contributed by atoms with Crippen LogP contribution in [0.2, 0.25) is 0 Å². The Bertz CT molecular complexity index is 916. The van der Waals surface area contributed by atoms with Gasteiger partial charge in [0.1, 0.15) is 0 Å². The number of carbonyl (C=O) groups is 2. The Morgan fingerprint density at radius 1 is 0.906 bits per heavy atom. The number of amides is 2. The van der Waals surface area contributed by atoms with E-state index in [0.717, 1.165) is 25.2 Å². The SMILES string of the molecule is COc1cc(C(=O)NCC(=O)NCc2ccccc2CN2CCCC2)cc(OC)c1OC. The van der Waals surface area contributed by atoms with Crippen molar-refractivity contribution in [1.29, 1.82) is 0 Å². The summed E-state index contributed by atoms with van der Waals surface area (Å²) in [6.07, 6.45) is 2.48. The number of ether oxygens (including phenoxy) is 3. The molecule has 1 aliphatic heterocycles. The first-order chi connectivity index (χ1) is 15.5. The lowest BCUT2D eigenvalue weighted by Crippen LogP contribution is -2.36. The van der Waals surface area contributed by atoms with Crippen molar-refractivity contribution in [1.82, 2.24) is 15.5 Å². The van der Waals surface area contributed by atoms with Gasteiger partial charge in [0.15, 0.2) is 11.5 Å². The fourth-order valence-corrected chi connectivity index (χ4v) is 3.80. The number of likely N-dealkylation sites (tertiary alicyclic amines) is 1. The van der Waals surface area contributed by atoms with E-state index in [4.69, 9.17) is 14.2 Å². The van der Waals surface area contributed by atoms with Crippen LogP contribution in [0.3, 0.4) is 0 Å². The molecule has 8 nitrogen and oxygen atoms in total. The molecule has 1 aliphatic rings. The third-order valence-electron chi connectivity index (χ3n) is 5.52. The fraction of sp³-hybridized carbons (Fsp3) is 0.417. The molecule has 1 heterocycles. The molecule has 2 aromatic carbocycles. The standard InChI is InChI=1S/C24H31N3O5/c1-30-20-12-19(13-21(31-2)23(20)32-3)24(29)26-15-22(28)25-14-17-8-4-5-9-18(17)16-27-10-6-7-11-27/h4-5,8-9,12-13H,6-7,10-11,14-16H2,1-3H3,(H,25,28)(H,26,29). The highest BCUT2D eigenvalue weighted by Crippen LogP contribution is 2.38. The van der Waals surface area contributed by atoms with Crippen molar-refractivity contribution >= 4 is 11.8 Å². The van der Waals surface area contributed by atoms with Crippen LogP contribution in [0.1, 0.15) is 34.3 Å². The van der Waals surface area contributed by atoms with Gasteiger partial charge in [-0.15, -0.1) is 0 Å². The Balaban J connectivity index is 1.55. The van der Waals surface area contributed by atoms with Gasteiger partial charge >= 0.3 is 0 Å². The second-order valence-electron chi connectivity index (χ2n) is 7.63. The van der Waals surface area contributed by atoms with Crippen LogP contribution in [0.4, 0.5) is 0 Å². The van der Waals surface area contributed by atoms with Gasteiger partial charge < -0.3 is 24.8 Å². The Kier molecular flexibility index (Phi) is 8.33. The lowest BCUT2D eigenvalue weighted by atomic mass is 10.1. The van der Waals surface area contributed by atoms with Gasteiger partial charge in [0, 0.05) is 18.7 Å². The molecule has 172 valence electrons. The number of nitrogens with zero attached hydrogens (tertiary/aromatic N) is 1. The number of methoxy groups -OCH3 is 3. The lowest BCUT2D eigenvalue weighted by molar-refractivity contribution is -0.120. The second-order valence-corrected chi connectivity index (χ2v) is 7.63. The molecule has 2 amide bonds. The molecule has 0 aromatic heterocycles. The van der Waals surface area contributed by atoms with Gasteiger partial charge in [-0.05, 0) is 49.2 Å². The lowest BCUT2D eigenvalue weighted by Gasteiger charge is -2.18. The zero-order valence-corrected chi connectivity index (χ0v) is 18.9. The largest absolute Gasteiger partial charge is 0.493 e. The molecule has 0 spiro atoms. The smallest absolute Gasteiger partial charge is 0.251 e. The molecule has 0 aliphatic carbocycles. The summed E-state index contributed by atoms with van der Waals surface area (Å²) in [5.41, 5.74) is 2.61. The van der Waals surface area contributed by atoms with Crippen molar-refractivity contribution in [3.8, 4) is 17.2 Å². The molecule has 8 heteroatoms. The Hall–Kier alpha value is -3.26. The third kappa shape index (κ3) is 5.91. The van der Waals surface area contributed by atoms with Crippen LogP contribution >= 0.6 is 0 Å². The van der Waals surface area contributed by atoms with Gasteiger partial charge in [-0.3, -0.25) is 14.5 Å². The Morgan fingerprint density at radius 2 is 1.53 bits per heavy atom. The summed E-state index contributed by atoms with van der Waals surface area (Å²) >= 11 is 0. The van der Waals surface area contributed by atoms with Gasteiger partial charge in [-0.1, -0.05) is 24.3 Å². The third-order valence-corrected chi connectivity index (χ3v) is 5.52. The molecule has 1 fully saturated rings. The molecule has 0 bridgehead atoms. The first-order valence-electron chi connectivity index (χ1n) is 10.7. The minimum absolute atomic E-state index is 0.135. The second kappa shape index (κ2) is 11.4. The van der Waals surface area contributed by atoms with Crippen LogP contribution in [-0.2, 0) is 17.9 Å². The summed E-state index contributed by atoms with van der Waals surface area (Å²) in [7, 11) is 4.45. The zero-order valence-electron chi connectivity index (χ0n) is 18.9. The number of rotatable bonds is 10. The van der Waals surface area contributed by atoms with Crippen LogP contribution in [0.15, 0.2) is 36.4 Å². The van der Waals surface area contributed by atoms with E-state index in [9.17, 15) is 9.59 Å². The van der Waals surface area contributed by atoms with Crippen LogP contribution < -0.4 is 24.8 Å². The van der Waals surface area contributed by atoms with Crippen molar-refractivity contribution < 1.29 is 23.8 Å². The van der Waals surface area contributed by atoms with Gasteiger partial charge in [0.05, 0.1) is 27.9 Å². The monoisotopic (exact) mass is 441 g/mol. The maximum atomic E-state index is 12.6. The Labute approximate surface area is 188 Å². The van der Waals surface area contributed by atoms with Gasteiger partial charge in [-0.25, -0.2) is 0 Å². The molecule has 0 unspecified atom stereocenters. The molecule has 2 N–H and O–H groups in total. The first kappa shape index (κ1) is 23.4. The summed E-state index contributed by atoms with van der Waals surface area (Å²) in [6, 6.07) is 11.2. The van der Waals surface area contributed by atoms with E-state index in [0.29, 0.717) is 29.4 Å². The van der Waals surface area contributed by atoms with Crippen LogP contribution in [0.5, 0.6) is 17.2 Å². The van der Waals surface area contributed by atoms with Crippen molar-refractivity contribution in [3.05, 3.63) is 53.1 Å². The number of nitrogens with one attached hydrogen (secondary N) is 2. The highest BCUT2D eigenvalue weighted by atomic mass is 16.5. The topological polar surface area (TPSA) is 89.1 Å². The van der Waals surface area contributed by atoms with Crippen molar-refractivity contribution in [3.63, 3.8) is 0 Å². The molecular weight excluding hydrogens is 410 g/mol. The molecule has 0 radical (unpaired) electrons. The molecule has 0 atom stereocenters. The molecule has 0 saturated carbocycles. The van der Waals surface area contributed by atoms with E-state index < -0.39 is 5.91 Å².